The molecule has 0 aliphatic heterocycles. The van der Waals surface area contributed by atoms with Gasteiger partial charge >= 0.3 is 0 Å². The summed E-state index contributed by atoms with van der Waals surface area (Å²) in [6, 6.07) is 5.08. The first-order valence-electron chi connectivity index (χ1n) is 7.11. The number of anilines is 1. The Balaban J connectivity index is 2.03. The molecule has 2 atom stereocenters. The van der Waals surface area contributed by atoms with Gasteiger partial charge in [0.1, 0.15) is 0 Å². The van der Waals surface area contributed by atoms with Crippen LogP contribution in [0.5, 0.6) is 0 Å². The van der Waals surface area contributed by atoms with E-state index in [1.165, 1.54) is 6.07 Å². The van der Waals surface area contributed by atoms with Gasteiger partial charge < -0.3 is 10.4 Å². The SMILES string of the molecule is Cc1ccc(NCC2(O)CCCC(C)C2)cc1[N+](=O)[O-]. The van der Waals surface area contributed by atoms with Crippen molar-refractivity contribution < 1.29 is 10.0 Å². The molecule has 5 heteroatoms. The summed E-state index contributed by atoms with van der Waals surface area (Å²) in [6.45, 7) is 4.32. The molecule has 0 heterocycles. The normalized spacial score (nSPS) is 26.2. The third-order valence-electron chi connectivity index (χ3n) is 4.09. The Morgan fingerprint density at radius 1 is 1.55 bits per heavy atom. The molecular formula is C15H22N2O3. The quantitative estimate of drug-likeness (QED) is 0.654. The molecule has 1 aliphatic carbocycles. The van der Waals surface area contributed by atoms with Crippen LogP contribution in [0.25, 0.3) is 0 Å². The highest BCUT2D eigenvalue weighted by molar-refractivity contribution is 5.55. The zero-order valence-corrected chi connectivity index (χ0v) is 12.1. The molecule has 2 unspecified atom stereocenters. The highest BCUT2D eigenvalue weighted by Gasteiger charge is 2.32. The second kappa shape index (κ2) is 5.79. The molecule has 0 bridgehead atoms. The molecule has 0 saturated heterocycles. The number of nitro benzene ring substituents is 1. The summed E-state index contributed by atoms with van der Waals surface area (Å²) in [4.78, 5) is 10.5. The van der Waals surface area contributed by atoms with Crippen LogP contribution in [0.4, 0.5) is 11.4 Å². The Morgan fingerprint density at radius 2 is 2.30 bits per heavy atom. The fourth-order valence-corrected chi connectivity index (χ4v) is 2.98. The first kappa shape index (κ1) is 14.8. The number of hydrogen-bond acceptors (Lipinski definition) is 4. The molecule has 1 saturated carbocycles. The molecule has 1 aliphatic rings. The lowest BCUT2D eigenvalue weighted by atomic mass is 9.79. The topological polar surface area (TPSA) is 75.4 Å². The van der Waals surface area contributed by atoms with Gasteiger partial charge in [0.05, 0.1) is 10.5 Å². The van der Waals surface area contributed by atoms with Crippen LogP contribution in [0.1, 0.15) is 38.2 Å². The zero-order chi connectivity index (χ0) is 14.8. The van der Waals surface area contributed by atoms with E-state index < -0.39 is 5.60 Å². The Hall–Kier alpha value is -1.62. The van der Waals surface area contributed by atoms with E-state index in [-0.39, 0.29) is 10.6 Å². The molecule has 0 aromatic heterocycles. The van der Waals surface area contributed by atoms with Crippen LogP contribution in [-0.2, 0) is 0 Å². The van der Waals surface area contributed by atoms with Gasteiger partial charge in [0.25, 0.3) is 5.69 Å². The molecule has 0 radical (unpaired) electrons. The van der Waals surface area contributed by atoms with Crippen LogP contribution in [0.15, 0.2) is 18.2 Å². The molecular weight excluding hydrogens is 256 g/mol. The van der Waals surface area contributed by atoms with Crippen molar-refractivity contribution in [2.24, 2.45) is 5.92 Å². The predicted octanol–water partition coefficient (Wildman–Crippen LogP) is 3.26. The van der Waals surface area contributed by atoms with E-state index in [0.29, 0.717) is 23.7 Å². The van der Waals surface area contributed by atoms with Crippen LogP contribution in [0, 0.1) is 23.0 Å². The van der Waals surface area contributed by atoms with E-state index in [0.717, 1.165) is 25.7 Å². The molecule has 1 fully saturated rings. The lowest BCUT2D eigenvalue weighted by Crippen LogP contribution is -2.41. The van der Waals surface area contributed by atoms with Gasteiger partial charge in [0, 0.05) is 23.9 Å². The molecule has 2 rings (SSSR count). The van der Waals surface area contributed by atoms with Crippen LogP contribution in [-0.4, -0.2) is 22.2 Å². The van der Waals surface area contributed by atoms with Gasteiger partial charge in [-0.15, -0.1) is 0 Å². The molecule has 110 valence electrons. The van der Waals surface area contributed by atoms with Crippen molar-refractivity contribution >= 4 is 11.4 Å². The van der Waals surface area contributed by atoms with Crippen molar-refractivity contribution in [3.05, 3.63) is 33.9 Å². The fourth-order valence-electron chi connectivity index (χ4n) is 2.98. The number of nitrogens with zero attached hydrogens (tertiary/aromatic N) is 1. The molecule has 1 aromatic carbocycles. The Labute approximate surface area is 119 Å². The van der Waals surface area contributed by atoms with Crippen LogP contribution in [0.2, 0.25) is 0 Å². The standard InChI is InChI=1S/C15H22N2O3/c1-11-4-3-7-15(18,9-11)10-16-13-6-5-12(2)14(8-13)17(19)20/h5-6,8,11,16,18H,3-4,7,9-10H2,1-2H3. The lowest BCUT2D eigenvalue weighted by molar-refractivity contribution is -0.385. The summed E-state index contributed by atoms with van der Waals surface area (Å²) in [6.07, 6.45) is 3.78. The van der Waals surface area contributed by atoms with E-state index >= 15 is 0 Å². The summed E-state index contributed by atoms with van der Waals surface area (Å²) in [7, 11) is 0. The maximum absolute atomic E-state index is 10.9. The maximum atomic E-state index is 10.9. The van der Waals surface area contributed by atoms with E-state index in [9.17, 15) is 15.2 Å². The van der Waals surface area contributed by atoms with Crippen molar-refractivity contribution in [2.75, 3.05) is 11.9 Å². The smallest absolute Gasteiger partial charge is 0.274 e. The van der Waals surface area contributed by atoms with Crippen LogP contribution >= 0.6 is 0 Å². The van der Waals surface area contributed by atoms with Gasteiger partial charge in [0.2, 0.25) is 0 Å². The van der Waals surface area contributed by atoms with E-state index in [1.807, 2.05) is 6.07 Å². The molecule has 0 amide bonds. The Bertz CT molecular complexity index is 504. The third kappa shape index (κ3) is 3.48. The van der Waals surface area contributed by atoms with Crippen molar-refractivity contribution in [1.82, 2.24) is 0 Å². The molecule has 20 heavy (non-hydrogen) atoms. The van der Waals surface area contributed by atoms with Gasteiger partial charge in [-0.2, -0.15) is 0 Å². The van der Waals surface area contributed by atoms with Crippen LogP contribution in [0.3, 0.4) is 0 Å². The van der Waals surface area contributed by atoms with Crippen molar-refractivity contribution in [3.63, 3.8) is 0 Å². The number of aliphatic hydroxyl groups is 1. The monoisotopic (exact) mass is 278 g/mol. The summed E-state index contributed by atoms with van der Waals surface area (Å²) in [5.74, 6) is 0.530. The average Bonchev–Trinajstić information content (AvgIpc) is 2.37. The third-order valence-corrected chi connectivity index (χ3v) is 4.09. The molecule has 2 N–H and O–H groups in total. The lowest BCUT2D eigenvalue weighted by Gasteiger charge is -2.35. The van der Waals surface area contributed by atoms with Gasteiger partial charge in [-0.05, 0) is 31.7 Å². The van der Waals surface area contributed by atoms with Crippen molar-refractivity contribution in [1.29, 1.82) is 0 Å². The summed E-state index contributed by atoms with van der Waals surface area (Å²) >= 11 is 0. The molecule has 1 aromatic rings. The highest BCUT2D eigenvalue weighted by Crippen LogP contribution is 2.32. The highest BCUT2D eigenvalue weighted by atomic mass is 16.6. The largest absolute Gasteiger partial charge is 0.388 e. The minimum atomic E-state index is -0.697. The van der Waals surface area contributed by atoms with Crippen LogP contribution < -0.4 is 5.32 Å². The number of benzene rings is 1. The Morgan fingerprint density at radius 3 is 2.95 bits per heavy atom. The number of nitrogens with one attached hydrogen (secondary N) is 1. The van der Waals surface area contributed by atoms with E-state index in [4.69, 9.17) is 0 Å². The number of nitro groups is 1. The summed E-state index contributed by atoms with van der Waals surface area (Å²) < 4.78 is 0. The second-order valence-corrected chi connectivity index (χ2v) is 6.04. The van der Waals surface area contributed by atoms with Crippen molar-refractivity contribution in [3.8, 4) is 0 Å². The van der Waals surface area contributed by atoms with E-state index in [2.05, 4.69) is 12.2 Å². The summed E-state index contributed by atoms with van der Waals surface area (Å²) in [5, 5.41) is 24.6. The minimum Gasteiger partial charge on any atom is -0.388 e. The van der Waals surface area contributed by atoms with Gasteiger partial charge in [-0.3, -0.25) is 10.1 Å². The van der Waals surface area contributed by atoms with Gasteiger partial charge in [-0.1, -0.05) is 25.8 Å². The fraction of sp³-hybridized carbons (Fsp3) is 0.600. The minimum absolute atomic E-state index is 0.110. The predicted molar refractivity (Wildman–Crippen MR) is 78.9 cm³/mol. The van der Waals surface area contributed by atoms with Crippen molar-refractivity contribution in [2.45, 2.75) is 45.1 Å². The molecule has 0 spiro atoms. The second-order valence-electron chi connectivity index (χ2n) is 6.04. The number of hydrogen-bond donors (Lipinski definition) is 2. The Kier molecular flexibility index (Phi) is 4.28. The number of rotatable bonds is 4. The molecule has 5 nitrogen and oxygen atoms in total. The van der Waals surface area contributed by atoms with E-state index in [1.54, 1.807) is 13.0 Å². The summed E-state index contributed by atoms with van der Waals surface area (Å²) in [5.41, 5.74) is 0.746. The maximum Gasteiger partial charge on any atom is 0.274 e. The number of aryl methyl sites for hydroxylation is 1. The first-order valence-corrected chi connectivity index (χ1v) is 7.11. The average molecular weight is 278 g/mol. The first-order chi connectivity index (χ1) is 9.39. The van der Waals surface area contributed by atoms with Gasteiger partial charge in [0.15, 0.2) is 0 Å². The van der Waals surface area contributed by atoms with Gasteiger partial charge in [-0.25, -0.2) is 0 Å². The zero-order valence-electron chi connectivity index (χ0n) is 12.1.